The summed E-state index contributed by atoms with van der Waals surface area (Å²) in [6.07, 6.45) is 1.10. The molecule has 0 saturated carbocycles. The number of aryl methyl sites for hydroxylation is 1. The number of hydrogen-bond acceptors (Lipinski definition) is 2. The molecule has 2 nitrogen and oxygen atoms in total. The van der Waals surface area contributed by atoms with Gasteiger partial charge in [-0.25, -0.2) is 0 Å². The molecule has 0 spiro atoms. The molecule has 0 aliphatic heterocycles. The summed E-state index contributed by atoms with van der Waals surface area (Å²) < 4.78 is 0. The summed E-state index contributed by atoms with van der Waals surface area (Å²) in [5.74, 6) is 1.25. The second kappa shape index (κ2) is 7.46. The summed E-state index contributed by atoms with van der Waals surface area (Å²) in [6.45, 7) is 9.48. The molecule has 0 aliphatic rings. The minimum atomic E-state index is 0.590. The van der Waals surface area contributed by atoms with Crippen LogP contribution in [0.1, 0.15) is 25.0 Å². The Balaban J connectivity index is 2.27. The first kappa shape index (κ1) is 14.2. The topological polar surface area (TPSA) is 38.0 Å². The molecule has 3 N–H and O–H groups in total. The summed E-state index contributed by atoms with van der Waals surface area (Å²) in [4.78, 5) is 0. The summed E-state index contributed by atoms with van der Waals surface area (Å²) in [7, 11) is 0. The number of nitrogens with one attached hydrogen (secondary N) is 1. The van der Waals surface area contributed by atoms with Gasteiger partial charge in [-0.2, -0.15) is 0 Å². The van der Waals surface area contributed by atoms with E-state index in [1.54, 1.807) is 0 Å². The molecule has 1 aromatic rings. The number of nitrogens with two attached hydrogens (primary N) is 1. The standard InChI is InChI=1S/C15H26N2/c1-12(2)15(10-16)11-17-9-8-14-7-5-4-6-13(14)3/h4-7,12,15,17H,8-11,16H2,1-3H3. The predicted molar refractivity (Wildman–Crippen MR) is 75.1 cm³/mol. The van der Waals surface area contributed by atoms with Crippen LogP contribution in [-0.4, -0.2) is 19.6 Å². The molecule has 0 aromatic heterocycles. The van der Waals surface area contributed by atoms with Crippen molar-refractivity contribution in [2.45, 2.75) is 27.2 Å². The van der Waals surface area contributed by atoms with Crippen molar-refractivity contribution in [3.8, 4) is 0 Å². The van der Waals surface area contributed by atoms with E-state index >= 15 is 0 Å². The van der Waals surface area contributed by atoms with Gasteiger partial charge in [0.2, 0.25) is 0 Å². The fourth-order valence-corrected chi connectivity index (χ4v) is 1.99. The maximum absolute atomic E-state index is 5.75. The fourth-order valence-electron chi connectivity index (χ4n) is 1.99. The molecule has 1 unspecified atom stereocenters. The minimum absolute atomic E-state index is 0.590. The molecule has 0 amide bonds. The Labute approximate surface area is 106 Å². The summed E-state index contributed by atoms with van der Waals surface area (Å²) in [5, 5.41) is 3.51. The average Bonchev–Trinajstić information content (AvgIpc) is 2.31. The van der Waals surface area contributed by atoms with Gasteiger partial charge in [-0.15, -0.1) is 0 Å². The van der Waals surface area contributed by atoms with E-state index in [9.17, 15) is 0 Å². The molecule has 0 radical (unpaired) electrons. The first-order valence-electron chi connectivity index (χ1n) is 6.60. The smallest absolute Gasteiger partial charge is 0.000588 e. The zero-order valence-electron chi connectivity index (χ0n) is 11.4. The molecule has 0 aliphatic carbocycles. The van der Waals surface area contributed by atoms with Crippen molar-refractivity contribution in [1.29, 1.82) is 0 Å². The van der Waals surface area contributed by atoms with E-state index < -0.39 is 0 Å². The van der Waals surface area contributed by atoms with E-state index in [4.69, 9.17) is 5.73 Å². The zero-order chi connectivity index (χ0) is 12.7. The molecule has 1 rings (SSSR count). The third-order valence-corrected chi connectivity index (χ3v) is 3.48. The molecule has 2 heteroatoms. The van der Waals surface area contributed by atoms with Crippen molar-refractivity contribution in [3.05, 3.63) is 35.4 Å². The highest BCUT2D eigenvalue weighted by atomic mass is 14.9. The van der Waals surface area contributed by atoms with E-state index in [0.29, 0.717) is 11.8 Å². The van der Waals surface area contributed by atoms with Crippen molar-refractivity contribution in [2.24, 2.45) is 17.6 Å². The second-order valence-corrected chi connectivity index (χ2v) is 5.12. The van der Waals surface area contributed by atoms with E-state index in [0.717, 1.165) is 26.1 Å². The minimum Gasteiger partial charge on any atom is -0.330 e. The van der Waals surface area contributed by atoms with Gasteiger partial charge in [0.25, 0.3) is 0 Å². The molecule has 1 atom stereocenters. The van der Waals surface area contributed by atoms with Crippen molar-refractivity contribution < 1.29 is 0 Å². The zero-order valence-corrected chi connectivity index (χ0v) is 11.4. The Hall–Kier alpha value is -0.860. The van der Waals surface area contributed by atoms with Crippen LogP contribution in [0.3, 0.4) is 0 Å². The van der Waals surface area contributed by atoms with Gasteiger partial charge in [-0.3, -0.25) is 0 Å². The van der Waals surface area contributed by atoms with E-state index in [-0.39, 0.29) is 0 Å². The summed E-state index contributed by atoms with van der Waals surface area (Å²) in [6, 6.07) is 8.58. The lowest BCUT2D eigenvalue weighted by atomic mass is 9.96. The van der Waals surface area contributed by atoms with Gasteiger partial charge in [0.15, 0.2) is 0 Å². The van der Waals surface area contributed by atoms with Crippen molar-refractivity contribution in [3.63, 3.8) is 0 Å². The molecule has 0 bridgehead atoms. The summed E-state index contributed by atoms with van der Waals surface area (Å²) in [5.41, 5.74) is 8.57. The fraction of sp³-hybridized carbons (Fsp3) is 0.600. The molecule has 0 saturated heterocycles. The van der Waals surface area contributed by atoms with Crippen LogP contribution in [0.4, 0.5) is 0 Å². The third-order valence-electron chi connectivity index (χ3n) is 3.48. The van der Waals surface area contributed by atoms with Gasteiger partial charge in [0.1, 0.15) is 0 Å². The molecule has 17 heavy (non-hydrogen) atoms. The predicted octanol–water partition coefficient (Wildman–Crippen LogP) is 2.36. The first-order valence-corrected chi connectivity index (χ1v) is 6.60. The van der Waals surface area contributed by atoms with Crippen LogP contribution < -0.4 is 11.1 Å². The lowest BCUT2D eigenvalue weighted by molar-refractivity contribution is 0.372. The first-order chi connectivity index (χ1) is 8.15. The Bertz CT molecular complexity index is 320. The maximum atomic E-state index is 5.75. The second-order valence-electron chi connectivity index (χ2n) is 5.12. The molecule has 1 aromatic carbocycles. The van der Waals surface area contributed by atoms with E-state index in [1.807, 2.05) is 0 Å². The van der Waals surface area contributed by atoms with Crippen LogP contribution in [0.2, 0.25) is 0 Å². The largest absolute Gasteiger partial charge is 0.330 e. The monoisotopic (exact) mass is 234 g/mol. The van der Waals surface area contributed by atoms with Crippen molar-refractivity contribution >= 4 is 0 Å². The van der Waals surface area contributed by atoms with Gasteiger partial charge in [-0.05, 0) is 55.9 Å². The Morgan fingerprint density at radius 1 is 1.24 bits per heavy atom. The van der Waals surface area contributed by atoms with Crippen LogP contribution in [0.5, 0.6) is 0 Å². The van der Waals surface area contributed by atoms with Gasteiger partial charge in [0, 0.05) is 0 Å². The highest BCUT2D eigenvalue weighted by Crippen LogP contribution is 2.09. The van der Waals surface area contributed by atoms with Gasteiger partial charge >= 0.3 is 0 Å². The Morgan fingerprint density at radius 3 is 2.53 bits per heavy atom. The molecular weight excluding hydrogens is 208 g/mol. The van der Waals surface area contributed by atoms with Crippen molar-refractivity contribution in [2.75, 3.05) is 19.6 Å². The van der Waals surface area contributed by atoms with Gasteiger partial charge in [-0.1, -0.05) is 38.1 Å². The highest BCUT2D eigenvalue weighted by molar-refractivity contribution is 5.25. The molecule has 0 fully saturated rings. The van der Waals surface area contributed by atoms with Crippen LogP contribution in [0.15, 0.2) is 24.3 Å². The summed E-state index contributed by atoms with van der Waals surface area (Å²) >= 11 is 0. The average molecular weight is 234 g/mol. The quantitative estimate of drug-likeness (QED) is 0.711. The van der Waals surface area contributed by atoms with E-state index in [2.05, 4.69) is 50.4 Å². The molecular formula is C15H26N2. The van der Waals surface area contributed by atoms with Crippen LogP contribution in [0, 0.1) is 18.8 Å². The maximum Gasteiger partial charge on any atom is -0.000588 e. The lowest BCUT2D eigenvalue weighted by Crippen LogP contribution is -2.32. The molecule has 0 heterocycles. The van der Waals surface area contributed by atoms with Gasteiger partial charge < -0.3 is 11.1 Å². The number of benzene rings is 1. The van der Waals surface area contributed by atoms with Gasteiger partial charge in [0.05, 0.1) is 0 Å². The normalized spacial score (nSPS) is 13.0. The third kappa shape index (κ3) is 4.88. The lowest BCUT2D eigenvalue weighted by Gasteiger charge is -2.19. The number of hydrogen-bond donors (Lipinski definition) is 2. The number of rotatable bonds is 7. The molecule has 96 valence electrons. The van der Waals surface area contributed by atoms with Crippen LogP contribution >= 0.6 is 0 Å². The Morgan fingerprint density at radius 2 is 1.94 bits per heavy atom. The Kier molecular flexibility index (Phi) is 6.23. The van der Waals surface area contributed by atoms with Crippen LogP contribution in [-0.2, 0) is 6.42 Å². The van der Waals surface area contributed by atoms with Crippen LogP contribution in [0.25, 0.3) is 0 Å². The highest BCUT2D eigenvalue weighted by Gasteiger charge is 2.10. The SMILES string of the molecule is Cc1ccccc1CCNCC(CN)C(C)C. The van der Waals surface area contributed by atoms with Crippen molar-refractivity contribution in [1.82, 2.24) is 5.32 Å². The van der Waals surface area contributed by atoms with E-state index in [1.165, 1.54) is 11.1 Å².